The molecular weight excluding hydrogens is 406 g/mol. The van der Waals surface area contributed by atoms with Crippen LogP contribution in [0.4, 0.5) is 0 Å². The second-order valence-corrected chi connectivity index (χ2v) is 7.57. The van der Waals surface area contributed by atoms with Crippen molar-refractivity contribution >= 4 is 16.9 Å². The van der Waals surface area contributed by atoms with Gasteiger partial charge in [-0.25, -0.2) is 4.79 Å². The molecule has 32 heavy (non-hydrogen) atoms. The van der Waals surface area contributed by atoms with E-state index in [1.54, 1.807) is 9.13 Å². The maximum Gasteiger partial charge on any atom is 0.329 e. The van der Waals surface area contributed by atoms with Crippen LogP contribution in [-0.4, -0.2) is 34.8 Å². The summed E-state index contributed by atoms with van der Waals surface area (Å²) in [7, 11) is 0. The van der Waals surface area contributed by atoms with Crippen LogP contribution in [-0.2, 0) is 24.3 Å². The lowest BCUT2D eigenvalue weighted by Crippen LogP contribution is -2.29. The van der Waals surface area contributed by atoms with Crippen LogP contribution in [0.15, 0.2) is 47.3 Å². The molecule has 0 bridgehead atoms. The van der Waals surface area contributed by atoms with E-state index in [4.69, 9.17) is 9.47 Å². The lowest BCUT2D eigenvalue weighted by Gasteiger charge is -2.12. The molecule has 1 heterocycles. The molecule has 2 aromatic carbocycles. The molecule has 172 valence electrons. The molecule has 7 nitrogen and oxygen atoms in total. The van der Waals surface area contributed by atoms with Gasteiger partial charge in [-0.3, -0.25) is 13.9 Å². The number of imidazole rings is 1. The zero-order valence-corrected chi connectivity index (χ0v) is 19.2. The van der Waals surface area contributed by atoms with Crippen LogP contribution in [0.3, 0.4) is 0 Å². The molecular formula is C25H33N3O4. The van der Waals surface area contributed by atoms with E-state index in [1.807, 2.05) is 63.2 Å². The molecule has 0 radical (unpaired) electrons. The number of hydrogen-bond donors (Lipinski definition) is 1. The van der Waals surface area contributed by atoms with Crippen LogP contribution in [0.5, 0.6) is 11.5 Å². The number of aryl methyl sites for hydroxylation is 2. The second kappa shape index (κ2) is 11.4. The van der Waals surface area contributed by atoms with Gasteiger partial charge in [-0.1, -0.05) is 25.1 Å². The summed E-state index contributed by atoms with van der Waals surface area (Å²) in [4.78, 5) is 25.2. The molecule has 0 saturated carbocycles. The number of nitrogens with zero attached hydrogens (tertiary/aromatic N) is 2. The Bertz CT molecular complexity index is 1100. The summed E-state index contributed by atoms with van der Waals surface area (Å²) in [5.74, 6) is 1.39. The summed E-state index contributed by atoms with van der Waals surface area (Å²) < 4.78 is 14.7. The summed E-state index contributed by atoms with van der Waals surface area (Å²) in [6, 6.07) is 13.6. The Labute approximate surface area is 188 Å². The van der Waals surface area contributed by atoms with Gasteiger partial charge in [0.25, 0.3) is 0 Å². The van der Waals surface area contributed by atoms with Gasteiger partial charge in [-0.05, 0) is 56.5 Å². The first-order chi connectivity index (χ1) is 15.6. The van der Waals surface area contributed by atoms with Crippen LogP contribution < -0.4 is 20.5 Å². The van der Waals surface area contributed by atoms with Crippen molar-refractivity contribution in [2.75, 3.05) is 19.8 Å². The van der Waals surface area contributed by atoms with Gasteiger partial charge in [0.2, 0.25) is 5.91 Å². The van der Waals surface area contributed by atoms with Crippen molar-refractivity contribution in [3.8, 4) is 11.5 Å². The van der Waals surface area contributed by atoms with Crippen molar-refractivity contribution in [2.24, 2.45) is 0 Å². The highest BCUT2D eigenvalue weighted by atomic mass is 16.5. The first-order valence-electron chi connectivity index (χ1n) is 11.4. The number of fused-ring (bicyclic) bond motifs is 1. The van der Waals surface area contributed by atoms with Crippen LogP contribution in [0.2, 0.25) is 0 Å². The lowest BCUT2D eigenvalue weighted by molar-refractivity contribution is -0.121. The first-order valence-corrected chi connectivity index (χ1v) is 11.4. The number of nitrogens with one attached hydrogen (secondary N) is 1. The van der Waals surface area contributed by atoms with Crippen molar-refractivity contribution in [1.29, 1.82) is 0 Å². The predicted octanol–water partition coefficient (Wildman–Crippen LogP) is 3.76. The minimum absolute atomic E-state index is 0.0568. The SMILES string of the molecule is CCCn1c(=O)n(CCC(=O)NCCc2ccc(OCC)c(OCC)c2)c2ccccc21. The Balaban J connectivity index is 1.57. The van der Waals surface area contributed by atoms with E-state index in [0.717, 1.165) is 34.5 Å². The van der Waals surface area contributed by atoms with E-state index >= 15 is 0 Å². The zero-order valence-electron chi connectivity index (χ0n) is 19.2. The average molecular weight is 440 g/mol. The van der Waals surface area contributed by atoms with Crippen LogP contribution in [0.1, 0.15) is 39.2 Å². The van der Waals surface area contributed by atoms with E-state index in [-0.39, 0.29) is 18.0 Å². The molecule has 7 heteroatoms. The number of carbonyl (C=O) groups is 1. The fourth-order valence-corrected chi connectivity index (χ4v) is 3.83. The molecule has 0 spiro atoms. The highest BCUT2D eigenvalue weighted by molar-refractivity contribution is 5.78. The topological polar surface area (TPSA) is 74.5 Å². The minimum atomic E-state index is -0.0693. The van der Waals surface area contributed by atoms with Gasteiger partial charge in [0, 0.05) is 26.1 Å². The van der Waals surface area contributed by atoms with Crippen LogP contribution in [0.25, 0.3) is 11.0 Å². The fourth-order valence-electron chi connectivity index (χ4n) is 3.83. The van der Waals surface area contributed by atoms with E-state index in [9.17, 15) is 9.59 Å². The van der Waals surface area contributed by atoms with E-state index in [2.05, 4.69) is 5.32 Å². The predicted molar refractivity (Wildman–Crippen MR) is 127 cm³/mol. The van der Waals surface area contributed by atoms with Crippen LogP contribution >= 0.6 is 0 Å². The Morgan fingerprint density at radius 2 is 1.56 bits per heavy atom. The zero-order chi connectivity index (χ0) is 22.9. The smallest absolute Gasteiger partial charge is 0.329 e. The maximum absolute atomic E-state index is 12.8. The molecule has 0 fully saturated rings. The molecule has 1 amide bonds. The van der Waals surface area contributed by atoms with Crippen molar-refractivity contribution in [3.05, 3.63) is 58.5 Å². The number of carbonyl (C=O) groups excluding carboxylic acids is 1. The standard InChI is InChI=1S/C25H33N3O4/c1-4-16-27-20-9-7-8-10-21(20)28(25(27)30)17-14-24(29)26-15-13-19-11-12-22(31-5-2)23(18-19)32-6-3/h7-12,18H,4-6,13-17H2,1-3H3,(H,26,29). The molecule has 3 rings (SSSR count). The molecule has 0 saturated heterocycles. The van der Waals surface area contributed by atoms with E-state index < -0.39 is 0 Å². The summed E-state index contributed by atoms with van der Waals surface area (Å²) in [5.41, 5.74) is 2.80. The number of para-hydroxylation sites is 2. The van der Waals surface area contributed by atoms with Crippen molar-refractivity contribution in [1.82, 2.24) is 14.5 Å². The Hall–Kier alpha value is -3.22. The quantitative estimate of drug-likeness (QED) is 0.466. The molecule has 0 atom stereocenters. The Morgan fingerprint density at radius 3 is 2.22 bits per heavy atom. The highest BCUT2D eigenvalue weighted by Gasteiger charge is 2.13. The number of hydrogen-bond acceptors (Lipinski definition) is 4. The molecule has 0 unspecified atom stereocenters. The molecule has 1 N–H and O–H groups in total. The van der Waals surface area contributed by atoms with Gasteiger partial charge in [0.1, 0.15) is 0 Å². The van der Waals surface area contributed by atoms with Gasteiger partial charge >= 0.3 is 5.69 Å². The number of aromatic nitrogens is 2. The summed E-state index contributed by atoms with van der Waals surface area (Å²) in [6.45, 7) is 8.62. The molecule has 1 aromatic heterocycles. The van der Waals surface area contributed by atoms with Crippen molar-refractivity contribution in [2.45, 2.75) is 53.1 Å². The van der Waals surface area contributed by atoms with Gasteiger partial charge in [-0.15, -0.1) is 0 Å². The summed E-state index contributed by atoms with van der Waals surface area (Å²) in [5, 5.41) is 2.96. The highest BCUT2D eigenvalue weighted by Crippen LogP contribution is 2.28. The van der Waals surface area contributed by atoms with Crippen molar-refractivity contribution in [3.63, 3.8) is 0 Å². The largest absolute Gasteiger partial charge is 0.490 e. The third-order valence-electron chi connectivity index (χ3n) is 5.28. The normalized spacial score (nSPS) is 11.0. The van der Waals surface area contributed by atoms with Gasteiger partial charge in [0.05, 0.1) is 24.2 Å². The first kappa shape index (κ1) is 23.4. The lowest BCUT2D eigenvalue weighted by atomic mass is 10.1. The minimum Gasteiger partial charge on any atom is -0.490 e. The number of rotatable bonds is 12. The fraction of sp³-hybridized carbons (Fsp3) is 0.440. The average Bonchev–Trinajstić information content (AvgIpc) is 3.05. The molecule has 0 aliphatic heterocycles. The van der Waals surface area contributed by atoms with Crippen molar-refractivity contribution < 1.29 is 14.3 Å². The molecule has 0 aliphatic carbocycles. The third kappa shape index (κ3) is 5.52. The number of amides is 1. The number of ether oxygens (including phenoxy) is 2. The van der Waals surface area contributed by atoms with Crippen LogP contribution in [0, 0.1) is 0 Å². The summed E-state index contributed by atoms with van der Waals surface area (Å²) in [6.07, 6.45) is 1.83. The molecule has 0 aliphatic rings. The monoisotopic (exact) mass is 439 g/mol. The number of benzene rings is 2. The Kier molecular flexibility index (Phi) is 8.36. The van der Waals surface area contributed by atoms with Gasteiger partial charge in [-0.2, -0.15) is 0 Å². The van der Waals surface area contributed by atoms with Gasteiger partial charge in [0.15, 0.2) is 11.5 Å². The maximum atomic E-state index is 12.8. The van der Waals surface area contributed by atoms with E-state index in [0.29, 0.717) is 39.3 Å². The summed E-state index contributed by atoms with van der Waals surface area (Å²) >= 11 is 0. The second-order valence-electron chi connectivity index (χ2n) is 7.57. The van der Waals surface area contributed by atoms with Gasteiger partial charge < -0.3 is 14.8 Å². The Morgan fingerprint density at radius 1 is 0.906 bits per heavy atom. The molecule has 3 aromatic rings. The van der Waals surface area contributed by atoms with E-state index in [1.165, 1.54) is 0 Å². The third-order valence-corrected chi connectivity index (χ3v) is 5.28.